The summed E-state index contributed by atoms with van der Waals surface area (Å²) < 4.78 is 24.3. The van der Waals surface area contributed by atoms with Gasteiger partial charge in [0.1, 0.15) is 5.75 Å². The predicted molar refractivity (Wildman–Crippen MR) is 138 cm³/mol. The summed E-state index contributed by atoms with van der Waals surface area (Å²) in [6, 6.07) is 13.5. The van der Waals surface area contributed by atoms with Gasteiger partial charge in [0.15, 0.2) is 17.3 Å². The van der Waals surface area contributed by atoms with Crippen molar-refractivity contribution in [3.05, 3.63) is 69.8 Å². The van der Waals surface area contributed by atoms with Gasteiger partial charge in [0.2, 0.25) is 6.79 Å². The highest BCUT2D eigenvalue weighted by Gasteiger charge is 2.22. The Morgan fingerprint density at radius 2 is 2.03 bits per heavy atom. The number of hydrogen-bond donors (Lipinski definition) is 1. The molecule has 0 aliphatic carbocycles. The Kier molecular flexibility index (Phi) is 6.93. The smallest absolute Gasteiger partial charge is 0.252 e. The molecule has 2 aliphatic rings. The fourth-order valence-electron chi connectivity index (χ4n) is 4.97. The maximum atomic E-state index is 13.1. The van der Waals surface area contributed by atoms with Gasteiger partial charge in [-0.2, -0.15) is 0 Å². The van der Waals surface area contributed by atoms with Crippen molar-refractivity contribution in [2.75, 3.05) is 20.0 Å². The van der Waals surface area contributed by atoms with Crippen LogP contribution < -0.4 is 19.8 Å². The third-order valence-corrected chi connectivity index (χ3v) is 6.81. The molecule has 0 saturated carbocycles. The fourth-order valence-corrected chi connectivity index (χ4v) is 4.97. The lowest BCUT2D eigenvalue weighted by atomic mass is 10.1. The zero-order valence-corrected chi connectivity index (χ0v) is 21.3. The Labute approximate surface area is 219 Å². The van der Waals surface area contributed by atoms with Crippen LogP contribution in [0.25, 0.3) is 10.9 Å². The molecular weight excluding hydrogens is 488 g/mol. The summed E-state index contributed by atoms with van der Waals surface area (Å²) in [4.78, 5) is 18.2. The van der Waals surface area contributed by atoms with E-state index in [0.717, 1.165) is 59.0 Å². The van der Waals surface area contributed by atoms with Crippen molar-refractivity contribution in [3.63, 3.8) is 0 Å². The molecular formula is C27H30N6O5. The summed E-state index contributed by atoms with van der Waals surface area (Å²) >= 11 is 0. The van der Waals surface area contributed by atoms with E-state index in [1.54, 1.807) is 0 Å². The minimum absolute atomic E-state index is 0.113. The van der Waals surface area contributed by atoms with Gasteiger partial charge in [0.05, 0.1) is 25.8 Å². The largest absolute Gasteiger partial charge is 0.494 e. The fraction of sp³-hybridized carbons (Fsp3) is 0.407. The highest BCUT2D eigenvalue weighted by atomic mass is 16.7. The molecule has 1 saturated heterocycles. The Bertz CT molecular complexity index is 1480. The molecule has 2 aliphatic heterocycles. The van der Waals surface area contributed by atoms with E-state index in [2.05, 4.69) is 25.4 Å². The van der Waals surface area contributed by atoms with Gasteiger partial charge in [0, 0.05) is 36.2 Å². The van der Waals surface area contributed by atoms with Crippen molar-refractivity contribution in [1.29, 1.82) is 0 Å². The van der Waals surface area contributed by atoms with Crippen LogP contribution >= 0.6 is 0 Å². The normalized spacial score (nSPS) is 16.5. The van der Waals surface area contributed by atoms with Crippen LogP contribution in [0.3, 0.4) is 0 Å². The number of aromatic amines is 1. The van der Waals surface area contributed by atoms with Gasteiger partial charge in [-0.05, 0) is 72.2 Å². The number of aromatic nitrogens is 5. The van der Waals surface area contributed by atoms with Crippen LogP contribution in [0.4, 0.5) is 0 Å². The van der Waals surface area contributed by atoms with Crippen LogP contribution in [0.1, 0.15) is 36.7 Å². The van der Waals surface area contributed by atoms with Gasteiger partial charge < -0.3 is 23.9 Å². The molecule has 2 aromatic carbocycles. The topological polar surface area (TPSA) is 117 Å². The molecule has 0 unspecified atom stereocenters. The molecule has 11 nitrogen and oxygen atoms in total. The van der Waals surface area contributed by atoms with E-state index in [1.807, 2.05) is 54.1 Å². The van der Waals surface area contributed by atoms with Crippen LogP contribution in [0.15, 0.2) is 47.3 Å². The molecule has 0 radical (unpaired) electrons. The Morgan fingerprint density at radius 3 is 2.89 bits per heavy atom. The third kappa shape index (κ3) is 5.34. The predicted octanol–water partition coefficient (Wildman–Crippen LogP) is 3.02. The van der Waals surface area contributed by atoms with Crippen LogP contribution in [-0.4, -0.2) is 56.2 Å². The lowest BCUT2D eigenvalue weighted by Gasteiger charge is -2.22. The number of benzene rings is 2. The van der Waals surface area contributed by atoms with Gasteiger partial charge >= 0.3 is 0 Å². The van der Waals surface area contributed by atoms with E-state index in [9.17, 15) is 4.79 Å². The van der Waals surface area contributed by atoms with Crippen molar-refractivity contribution in [1.82, 2.24) is 30.1 Å². The zero-order valence-electron chi connectivity index (χ0n) is 21.3. The van der Waals surface area contributed by atoms with Crippen molar-refractivity contribution < 1.29 is 18.9 Å². The van der Waals surface area contributed by atoms with E-state index in [0.29, 0.717) is 38.3 Å². The van der Waals surface area contributed by atoms with Gasteiger partial charge in [-0.3, -0.25) is 9.69 Å². The van der Waals surface area contributed by atoms with E-state index < -0.39 is 0 Å². The number of nitrogens with zero attached hydrogens (tertiary/aromatic N) is 5. The quantitative estimate of drug-likeness (QED) is 0.338. The summed E-state index contributed by atoms with van der Waals surface area (Å²) in [5.74, 6) is 2.94. The summed E-state index contributed by atoms with van der Waals surface area (Å²) in [5.41, 5.74) is 2.31. The average molecular weight is 519 g/mol. The molecule has 2 aromatic heterocycles. The summed E-state index contributed by atoms with van der Waals surface area (Å²) in [7, 11) is 0. The molecule has 11 heteroatoms. The molecule has 0 spiro atoms. The Hall–Kier alpha value is -3.96. The van der Waals surface area contributed by atoms with Crippen LogP contribution in [-0.2, 0) is 30.9 Å². The van der Waals surface area contributed by atoms with Gasteiger partial charge in [0.25, 0.3) is 5.56 Å². The Morgan fingerprint density at radius 1 is 1.11 bits per heavy atom. The van der Waals surface area contributed by atoms with E-state index in [4.69, 9.17) is 18.9 Å². The first-order chi connectivity index (χ1) is 18.6. The molecule has 0 bridgehead atoms. The molecule has 4 heterocycles. The molecule has 38 heavy (non-hydrogen) atoms. The maximum absolute atomic E-state index is 13.1. The van der Waals surface area contributed by atoms with Crippen molar-refractivity contribution in [2.24, 2.45) is 0 Å². The molecule has 1 atom stereocenters. The summed E-state index contributed by atoms with van der Waals surface area (Å²) in [5, 5.41) is 13.4. The van der Waals surface area contributed by atoms with Crippen LogP contribution in [0.2, 0.25) is 0 Å². The second-order valence-electron chi connectivity index (χ2n) is 9.55. The van der Waals surface area contributed by atoms with Crippen LogP contribution in [0, 0.1) is 0 Å². The second kappa shape index (κ2) is 10.8. The molecule has 198 valence electrons. The monoisotopic (exact) mass is 518 g/mol. The molecule has 4 aromatic rings. The lowest BCUT2D eigenvalue weighted by Crippen LogP contribution is -2.29. The minimum atomic E-state index is -0.128. The highest BCUT2D eigenvalue weighted by molar-refractivity contribution is 5.80. The maximum Gasteiger partial charge on any atom is 0.252 e. The number of fused-ring (bicyclic) bond motifs is 2. The molecule has 6 rings (SSSR count). The number of tetrazole rings is 1. The SMILES string of the molecule is CCOc1ccc2[nH]c(=O)c(CN(Cc3ccc4c(c3)OCO4)Cc3nnnn3C[C@@H]3CCCO3)cc2c1. The number of H-pyrrole nitrogens is 1. The van der Waals surface area contributed by atoms with Crippen molar-refractivity contribution >= 4 is 10.9 Å². The number of nitrogens with one attached hydrogen (secondary N) is 1. The van der Waals surface area contributed by atoms with Crippen LogP contribution in [0.5, 0.6) is 17.2 Å². The van der Waals surface area contributed by atoms with E-state index >= 15 is 0 Å². The Balaban J connectivity index is 1.29. The number of pyridine rings is 1. The van der Waals surface area contributed by atoms with Gasteiger partial charge in [-0.15, -0.1) is 5.10 Å². The van der Waals surface area contributed by atoms with Gasteiger partial charge in [-0.25, -0.2) is 4.68 Å². The first-order valence-electron chi connectivity index (χ1n) is 12.9. The zero-order chi connectivity index (χ0) is 25.9. The number of rotatable bonds is 10. The minimum Gasteiger partial charge on any atom is -0.494 e. The number of hydrogen-bond acceptors (Lipinski definition) is 9. The molecule has 0 amide bonds. The standard InChI is InChI=1S/C27H30N6O5/c1-2-35-21-6-7-23-19(12-21)11-20(27(34)28-23)14-32(13-18-5-8-24-25(10-18)38-17-37-24)16-26-29-30-31-33(26)15-22-4-3-9-36-22/h5-8,10-12,22H,2-4,9,13-17H2,1H3,(H,28,34)/t22-/m0/s1. The summed E-state index contributed by atoms with van der Waals surface area (Å²) in [6.45, 7) is 5.52. The molecule has 1 N–H and O–H groups in total. The lowest BCUT2D eigenvalue weighted by molar-refractivity contribution is 0.0914. The summed E-state index contributed by atoms with van der Waals surface area (Å²) in [6.07, 6.45) is 2.16. The molecule has 1 fully saturated rings. The van der Waals surface area contributed by atoms with Crippen molar-refractivity contribution in [3.8, 4) is 17.2 Å². The first-order valence-corrected chi connectivity index (χ1v) is 12.9. The van der Waals surface area contributed by atoms with E-state index in [1.165, 1.54) is 0 Å². The van der Waals surface area contributed by atoms with Gasteiger partial charge in [-0.1, -0.05) is 6.07 Å². The third-order valence-electron chi connectivity index (χ3n) is 6.81. The van der Waals surface area contributed by atoms with E-state index in [-0.39, 0.29) is 18.5 Å². The number of ether oxygens (including phenoxy) is 4. The van der Waals surface area contributed by atoms with Crippen molar-refractivity contribution in [2.45, 2.75) is 52.0 Å². The average Bonchev–Trinajstić information content (AvgIpc) is 3.68. The highest BCUT2D eigenvalue weighted by Crippen LogP contribution is 2.33. The first kappa shape index (κ1) is 24.4. The second-order valence-corrected chi connectivity index (χ2v) is 9.55.